The van der Waals surface area contributed by atoms with Crippen molar-refractivity contribution in [3.05, 3.63) is 53.2 Å². The Morgan fingerprint density at radius 2 is 2.00 bits per heavy atom. The molecule has 2 N–H and O–H groups in total. The van der Waals surface area contributed by atoms with Crippen LogP contribution >= 0.6 is 0 Å². The number of amides is 1. The van der Waals surface area contributed by atoms with Gasteiger partial charge in [0.1, 0.15) is 5.75 Å². The third-order valence-electron chi connectivity index (χ3n) is 4.91. The molecule has 1 atom stereocenters. The van der Waals surface area contributed by atoms with Gasteiger partial charge in [-0.2, -0.15) is 0 Å². The summed E-state index contributed by atoms with van der Waals surface area (Å²) < 4.78 is 10.3. The van der Waals surface area contributed by atoms with Crippen LogP contribution in [0.5, 0.6) is 11.6 Å². The van der Waals surface area contributed by atoms with Gasteiger partial charge in [0.15, 0.2) is 0 Å². The average molecular weight is 356 g/mol. The molecule has 1 aromatic heterocycles. The molecule has 1 aliphatic rings. The molecule has 0 unspecified atom stereocenters. The van der Waals surface area contributed by atoms with E-state index in [0.29, 0.717) is 24.3 Å². The topological polar surface area (TPSA) is 80.7 Å². The molecule has 3 rings (SSSR count). The first kappa shape index (κ1) is 18.2. The fourth-order valence-corrected chi connectivity index (χ4v) is 3.31. The molecule has 26 heavy (non-hydrogen) atoms. The van der Waals surface area contributed by atoms with E-state index in [1.54, 1.807) is 38.6 Å². The Morgan fingerprint density at radius 3 is 2.54 bits per heavy atom. The first-order valence-corrected chi connectivity index (χ1v) is 8.65. The standard InChI is InChI=1S/C20H24N2O4/c1-12-8-16(25-2)5-6-17(12)20(24)22-19(14-9-15(23)10-14)13-4-7-18(26-3)21-11-13/h4-8,11,14-15,19,23H,9-10H2,1-3H3,(H,22,24)/t14?,15?,19-/m1/s1. The lowest BCUT2D eigenvalue weighted by atomic mass is 9.75. The van der Waals surface area contributed by atoms with E-state index in [4.69, 9.17) is 9.47 Å². The van der Waals surface area contributed by atoms with Crippen LogP contribution in [0.3, 0.4) is 0 Å². The molecule has 138 valence electrons. The van der Waals surface area contributed by atoms with Gasteiger partial charge in [-0.1, -0.05) is 6.07 Å². The molecule has 0 bridgehead atoms. The van der Waals surface area contributed by atoms with Gasteiger partial charge in [-0.05, 0) is 55.0 Å². The predicted octanol–water partition coefficient (Wildman–Crippen LogP) is 2.65. The molecular weight excluding hydrogens is 332 g/mol. The van der Waals surface area contributed by atoms with Gasteiger partial charge in [0.25, 0.3) is 5.91 Å². The Labute approximate surface area is 153 Å². The molecule has 2 aromatic rings. The van der Waals surface area contributed by atoms with Crippen LogP contribution in [0.4, 0.5) is 0 Å². The maximum absolute atomic E-state index is 12.8. The number of nitrogens with zero attached hydrogens (tertiary/aromatic N) is 1. The Balaban J connectivity index is 1.82. The Hall–Kier alpha value is -2.60. The molecule has 0 aliphatic heterocycles. The first-order valence-electron chi connectivity index (χ1n) is 8.65. The van der Waals surface area contributed by atoms with Crippen molar-refractivity contribution in [1.29, 1.82) is 0 Å². The van der Waals surface area contributed by atoms with Crippen LogP contribution in [0, 0.1) is 12.8 Å². The molecule has 1 amide bonds. The van der Waals surface area contributed by atoms with Gasteiger partial charge in [-0.15, -0.1) is 0 Å². The van der Waals surface area contributed by atoms with Crippen LogP contribution in [0.1, 0.15) is 40.4 Å². The van der Waals surface area contributed by atoms with Crippen molar-refractivity contribution in [3.8, 4) is 11.6 Å². The van der Waals surface area contributed by atoms with Gasteiger partial charge in [0.05, 0.1) is 26.4 Å². The van der Waals surface area contributed by atoms with Crippen LogP contribution in [0.2, 0.25) is 0 Å². The summed E-state index contributed by atoms with van der Waals surface area (Å²) in [4.78, 5) is 17.1. The number of aromatic nitrogens is 1. The quantitative estimate of drug-likeness (QED) is 0.832. The average Bonchev–Trinajstić information content (AvgIpc) is 2.63. The van der Waals surface area contributed by atoms with E-state index in [1.807, 2.05) is 19.1 Å². The van der Waals surface area contributed by atoms with Crippen LogP contribution in [0.15, 0.2) is 36.5 Å². The number of aliphatic hydroxyl groups excluding tert-OH is 1. The van der Waals surface area contributed by atoms with Crippen molar-refractivity contribution < 1.29 is 19.4 Å². The zero-order chi connectivity index (χ0) is 18.7. The summed E-state index contributed by atoms with van der Waals surface area (Å²) in [5.74, 6) is 1.28. The number of hydrogen-bond acceptors (Lipinski definition) is 5. The second-order valence-electron chi connectivity index (χ2n) is 6.65. The fraction of sp³-hybridized carbons (Fsp3) is 0.400. The maximum atomic E-state index is 12.8. The number of aliphatic hydroxyl groups is 1. The summed E-state index contributed by atoms with van der Waals surface area (Å²) in [5, 5.41) is 12.8. The van der Waals surface area contributed by atoms with E-state index < -0.39 is 0 Å². The number of nitrogens with one attached hydrogen (secondary N) is 1. The molecule has 1 fully saturated rings. The van der Waals surface area contributed by atoms with E-state index in [9.17, 15) is 9.90 Å². The van der Waals surface area contributed by atoms with Crippen LogP contribution in [-0.2, 0) is 0 Å². The third kappa shape index (κ3) is 3.80. The molecular formula is C20H24N2O4. The summed E-state index contributed by atoms with van der Waals surface area (Å²) in [5.41, 5.74) is 2.36. The minimum absolute atomic E-state index is 0.146. The number of ether oxygens (including phenoxy) is 2. The summed E-state index contributed by atoms with van der Waals surface area (Å²) in [6.45, 7) is 1.88. The van der Waals surface area contributed by atoms with Crippen molar-refractivity contribution in [3.63, 3.8) is 0 Å². The van der Waals surface area contributed by atoms with Crippen molar-refractivity contribution in [2.45, 2.75) is 31.9 Å². The van der Waals surface area contributed by atoms with E-state index in [2.05, 4.69) is 10.3 Å². The molecule has 1 aromatic carbocycles. The molecule has 1 heterocycles. The normalized spacial score (nSPS) is 20.0. The van der Waals surface area contributed by atoms with E-state index in [0.717, 1.165) is 16.9 Å². The predicted molar refractivity (Wildman–Crippen MR) is 97.5 cm³/mol. The summed E-state index contributed by atoms with van der Waals surface area (Å²) in [6, 6.07) is 8.86. The SMILES string of the molecule is COc1ccc(C(=O)N[C@H](c2ccc(OC)nc2)C2CC(O)C2)c(C)c1. The van der Waals surface area contributed by atoms with Gasteiger partial charge in [-0.3, -0.25) is 4.79 Å². The second-order valence-corrected chi connectivity index (χ2v) is 6.65. The van der Waals surface area contributed by atoms with E-state index in [1.165, 1.54) is 0 Å². The van der Waals surface area contributed by atoms with E-state index >= 15 is 0 Å². The van der Waals surface area contributed by atoms with Crippen molar-refractivity contribution in [2.75, 3.05) is 14.2 Å². The number of rotatable bonds is 6. The van der Waals surface area contributed by atoms with Gasteiger partial charge >= 0.3 is 0 Å². The molecule has 6 nitrogen and oxygen atoms in total. The summed E-state index contributed by atoms with van der Waals surface area (Å²) in [6.07, 6.45) is 2.75. The van der Waals surface area contributed by atoms with Crippen molar-refractivity contribution in [1.82, 2.24) is 10.3 Å². The minimum atomic E-state index is -0.298. The molecule has 0 radical (unpaired) electrons. The lowest BCUT2D eigenvalue weighted by Crippen LogP contribution is -2.41. The highest BCUT2D eigenvalue weighted by Gasteiger charge is 2.36. The smallest absolute Gasteiger partial charge is 0.252 e. The van der Waals surface area contributed by atoms with Gasteiger partial charge in [0, 0.05) is 17.8 Å². The highest BCUT2D eigenvalue weighted by molar-refractivity contribution is 5.96. The lowest BCUT2D eigenvalue weighted by molar-refractivity contribution is 0.0234. The Bertz CT molecular complexity index is 770. The number of carbonyl (C=O) groups is 1. The maximum Gasteiger partial charge on any atom is 0.252 e. The van der Waals surface area contributed by atoms with Crippen LogP contribution in [-0.4, -0.2) is 36.3 Å². The molecule has 0 spiro atoms. The first-order chi connectivity index (χ1) is 12.5. The summed E-state index contributed by atoms with van der Waals surface area (Å²) in [7, 11) is 3.17. The number of methoxy groups -OCH3 is 2. The molecule has 6 heteroatoms. The molecule has 1 aliphatic carbocycles. The zero-order valence-electron chi connectivity index (χ0n) is 15.2. The van der Waals surface area contributed by atoms with Crippen molar-refractivity contribution >= 4 is 5.91 Å². The van der Waals surface area contributed by atoms with Crippen molar-refractivity contribution in [2.24, 2.45) is 5.92 Å². The number of hydrogen-bond donors (Lipinski definition) is 2. The van der Waals surface area contributed by atoms with Crippen LogP contribution in [0.25, 0.3) is 0 Å². The molecule has 1 saturated carbocycles. The number of carbonyl (C=O) groups excluding carboxylic acids is 1. The monoisotopic (exact) mass is 356 g/mol. The number of benzene rings is 1. The fourth-order valence-electron chi connectivity index (χ4n) is 3.31. The van der Waals surface area contributed by atoms with Gasteiger partial charge < -0.3 is 19.9 Å². The second kappa shape index (κ2) is 7.74. The minimum Gasteiger partial charge on any atom is -0.497 e. The zero-order valence-corrected chi connectivity index (χ0v) is 15.2. The Morgan fingerprint density at radius 1 is 1.23 bits per heavy atom. The largest absolute Gasteiger partial charge is 0.497 e. The van der Waals surface area contributed by atoms with Gasteiger partial charge in [0.2, 0.25) is 5.88 Å². The van der Waals surface area contributed by atoms with E-state index in [-0.39, 0.29) is 24.0 Å². The third-order valence-corrected chi connectivity index (χ3v) is 4.91. The molecule has 0 saturated heterocycles. The lowest BCUT2D eigenvalue weighted by Gasteiger charge is -2.38. The van der Waals surface area contributed by atoms with Gasteiger partial charge in [-0.25, -0.2) is 4.98 Å². The van der Waals surface area contributed by atoms with Crippen LogP contribution < -0.4 is 14.8 Å². The Kier molecular flexibility index (Phi) is 5.42. The summed E-state index contributed by atoms with van der Waals surface area (Å²) >= 11 is 0. The number of pyridine rings is 1. The highest BCUT2D eigenvalue weighted by Crippen LogP contribution is 2.38. The number of aryl methyl sites for hydroxylation is 1. The highest BCUT2D eigenvalue weighted by atomic mass is 16.5.